The van der Waals surface area contributed by atoms with Gasteiger partial charge in [0.15, 0.2) is 0 Å². The summed E-state index contributed by atoms with van der Waals surface area (Å²) >= 11 is 0. The maximum atomic E-state index is 5.85. The number of hydrogen-bond acceptors (Lipinski definition) is 4. The van der Waals surface area contributed by atoms with Gasteiger partial charge in [0.1, 0.15) is 18.6 Å². The molecule has 0 amide bonds. The Morgan fingerprint density at radius 3 is 2.95 bits per heavy atom. The Labute approximate surface area is 113 Å². The van der Waals surface area contributed by atoms with Gasteiger partial charge in [-0.1, -0.05) is 23.4 Å². The second-order valence-corrected chi connectivity index (χ2v) is 4.88. The van der Waals surface area contributed by atoms with Gasteiger partial charge in [-0.3, -0.25) is 4.90 Å². The summed E-state index contributed by atoms with van der Waals surface area (Å²) in [4.78, 5) is 2.42. The fourth-order valence-corrected chi connectivity index (χ4v) is 2.53. The molecule has 100 valence electrons. The first-order valence-electron chi connectivity index (χ1n) is 6.73. The van der Waals surface area contributed by atoms with Crippen molar-refractivity contribution in [3.63, 3.8) is 0 Å². The molecule has 0 spiro atoms. The summed E-state index contributed by atoms with van der Waals surface area (Å²) in [5.41, 5.74) is 0.992. The molecule has 0 saturated carbocycles. The van der Waals surface area contributed by atoms with E-state index in [1.807, 2.05) is 36.4 Å². The molecule has 4 heteroatoms. The van der Waals surface area contributed by atoms with Gasteiger partial charge in [0, 0.05) is 18.7 Å². The minimum atomic E-state index is 0.469. The van der Waals surface area contributed by atoms with Gasteiger partial charge in [-0.05, 0) is 31.5 Å². The quantitative estimate of drug-likeness (QED) is 0.826. The molecule has 1 atom stereocenters. The van der Waals surface area contributed by atoms with Crippen molar-refractivity contribution in [1.82, 2.24) is 10.1 Å². The van der Waals surface area contributed by atoms with Crippen molar-refractivity contribution >= 4 is 0 Å². The van der Waals surface area contributed by atoms with E-state index in [2.05, 4.69) is 10.1 Å². The summed E-state index contributed by atoms with van der Waals surface area (Å²) in [6.45, 7) is 2.69. The first-order valence-corrected chi connectivity index (χ1v) is 6.73. The number of aromatic nitrogens is 1. The Balaban J connectivity index is 1.55. The van der Waals surface area contributed by atoms with E-state index < -0.39 is 0 Å². The van der Waals surface area contributed by atoms with E-state index in [9.17, 15) is 0 Å². The molecule has 1 fully saturated rings. The van der Waals surface area contributed by atoms with Crippen LogP contribution in [0.5, 0.6) is 5.75 Å². The Kier molecular flexibility index (Phi) is 3.79. The van der Waals surface area contributed by atoms with Crippen molar-refractivity contribution < 1.29 is 9.26 Å². The normalized spacial score (nSPS) is 19.7. The van der Waals surface area contributed by atoms with Crippen molar-refractivity contribution in [3.05, 3.63) is 48.4 Å². The van der Waals surface area contributed by atoms with Crippen molar-refractivity contribution in [2.45, 2.75) is 25.4 Å². The van der Waals surface area contributed by atoms with Crippen LogP contribution in [0.2, 0.25) is 0 Å². The molecule has 2 heterocycles. The number of benzene rings is 1. The van der Waals surface area contributed by atoms with E-state index in [4.69, 9.17) is 9.26 Å². The van der Waals surface area contributed by atoms with Crippen LogP contribution in [0.25, 0.3) is 0 Å². The molecule has 1 saturated heterocycles. The zero-order valence-corrected chi connectivity index (χ0v) is 10.9. The summed E-state index contributed by atoms with van der Waals surface area (Å²) in [5.74, 6) is 0.941. The number of likely N-dealkylation sites (tertiary alicyclic amines) is 1. The van der Waals surface area contributed by atoms with Crippen LogP contribution in [0.4, 0.5) is 0 Å². The SMILES string of the molecule is c1ccc(OC[C@@H]2CCCN2Cc2ccon2)cc1. The Bertz CT molecular complexity index is 484. The molecule has 1 aliphatic heterocycles. The molecule has 1 aromatic heterocycles. The van der Waals surface area contributed by atoms with Crippen LogP contribution >= 0.6 is 0 Å². The molecule has 0 radical (unpaired) electrons. The minimum absolute atomic E-state index is 0.469. The van der Waals surface area contributed by atoms with E-state index in [1.165, 1.54) is 12.8 Å². The van der Waals surface area contributed by atoms with Crippen molar-refractivity contribution in [3.8, 4) is 5.75 Å². The summed E-state index contributed by atoms with van der Waals surface area (Å²) < 4.78 is 10.7. The summed E-state index contributed by atoms with van der Waals surface area (Å²) in [6, 6.07) is 12.4. The molecular weight excluding hydrogens is 240 g/mol. The molecule has 0 bridgehead atoms. The minimum Gasteiger partial charge on any atom is -0.492 e. The highest BCUT2D eigenvalue weighted by atomic mass is 16.5. The predicted molar refractivity (Wildman–Crippen MR) is 71.9 cm³/mol. The highest BCUT2D eigenvalue weighted by Gasteiger charge is 2.25. The lowest BCUT2D eigenvalue weighted by atomic mass is 10.2. The molecule has 1 aliphatic rings. The number of hydrogen-bond donors (Lipinski definition) is 0. The Morgan fingerprint density at radius 2 is 2.16 bits per heavy atom. The molecule has 3 rings (SSSR count). The summed E-state index contributed by atoms with van der Waals surface area (Å²) in [7, 11) is 0. The lowest BCUT2D eigenvalue weighted by Gasteiger charge is -2.23. The molecule has 4 nitrogen and oxygen atoms in total. The highest BCUT2D eigenvalue weighted by molar-refractivity contribution is 5.21. The largest absolute Gasteiger partial charge is 0.492 e. The first-order chi connectivity index (χ1) is 9.42. The van der Waals surface area contributed by atoms with Crippen molar-refractivity contribution in [1.29, 1.82) is 0 Å². The average Bonchev–Trinajstić information content (AvgIpc) is 3.10. The molecule has 1 aromatic carbocycles. The number of ether oxygens (including phenoxy) is 1. The Morgan fingerprint density at radius 1 is 1.26 bits per heavy atom. The van der Waals surface area contributed by atoms with Gasteiger partial charge in [0.2, 0.25) is 0 Å². The smallest absolute Gasteiger partial charge is 0.124 e. The van der Waals surface area contributed by atoms with E-state index >= 15 is 0 Å². The second-order valence-electron chi connectivity index (χ2n) is 4.88. The third-order valence-electron chi connectivity index (χ3n) is 3.54. The van der Waals surface area contributed by atoms with Crippen LogP contribution in [-0.4, -0.2) is 29.3 Å². The zero-order chi connectivity index (χ0) is 12.9. The van der Waals surface area contributed by atoms with Gasteiger partial charge in [0.25, 0.3) is 0 Å². The van der Waals surface area contributed by atoms with Crippen LogP contribution < -0.4 is 4.74 Å². The van der Waals surface area contributed by atoms with Gasteiger partial charge < -0.3 is 9.26 Å². The summed E-state index contributed by atoms with van der Waals surface area (Å²) in [5, 5.41) is 3.97. The number of rotatable bonds is 5. The van der Waals surface area contributed by atoms with Gasteiger partial charge in [-0.2, -0.15) is 0 Å². The van der Waals surface area contributed by atoms with Crippen molar-refractivity contribution in [2.24, 2.45) is 0 Å². The number of para-hydroxylation sites is 1. The molecule has 2 aromatic rings. The lowest BCUT2D eigenvalue weighted by molar-refractivity contribution is 0.164. The monoisotopic (exact) mass is 258 g/mol. The van der Waals surface area contributed by atoms with Gasteiger partial charge in [-0.25, -0.2) is 0 Å². The topological polar surface area (TPSA) is 38.5 Å². The van der Waals surface area contributed by atoms with E-state index in [-0.39, 0.29) is 0 Å². The molecule has 0 unspecified atom stereocenters. The van der Waals surface area contributed by atoms with Crippen LogP contribution in [0.1, 0.15) is 18.5 Å². The maximum Gasteiger partial charge on any atom is 0.124 e. The standard InChI is InChI=1S/C15H18N2O2/c1-2-6-15(7-3-1)18-12-14-5-4-9-17(14)11-13-8-10-19-16-13/h1-3,6-8,10,14H,4-5,9,11-12H2/t14-/m0/s1. The second kappa shape index (κ2) is 5.89. The van der Waals surface area contributed by atoms with Gasteiger partial charge in [0.05, 0.1) is 5.69 Å². The van der Waals surface area contributed by atoms with E-state index in [0.717, 1.165) is 31.1 Å². The molecule has 19 heavy (non-hydrogen) atoms. The van der Waals surface area contributed by atoms with E-state index in [0.29, 0.717) is 6.04 Å². The fraction of sp³-hybridized carbons (Fsp3) is 0.400. The maximum absolute atomic E-state index is 5.85. The van der Waals surface area contributed by atoms with Gasteiger partial charge in [-0.15, -0.1) is 0 Å². The van der Waals surface area contributed by atoms with Gasteiger partial charge >= 0.3 is 0 Å². The first kappa shape index (κ1) is 12.2. The van der Waals surface area contributed by atoms with Crippen molar-refractivity contribution in [2.75, 3.05) is 13.2 Å². The molecule has 0 aliphatic carbocycles. The van der Waals surface area contributed by atoms with E-state index in [1.54, 1.807) is 6.26 Å². The lowest BCUT2D eigenvalue weighted by Crippen LogP contribution is -2.33. The molecule has 0 N–H and O–H groups in total. The zero-order valence-electron chi connectivity index (χ0n) is 10.9. The van der Waals surface area contributed by atoms with Crippen LogP contribution in [0.3, 0.4) is 0 Å². The fourth-order valence-electron chi connectivity index (χ4n) is 2.53. The predicted octanol–water partition coefficient (Wildman–Crippen LogP) is 2.72. The van der Waals surface area contributed by atoms with Crippen LogP contribution in [-0.2, 0) is 6.54 Å². The number of nitrogens with zero attached hydrogens (tertiary/aromatic N) is 2. The Hall–Kier alpha value is -1.81. The van der Waals surface area contributed by atoms with Crippen LogP contribution in [0.15, 0.2) is 47.2 Å². The van der Waals surface area contributed by atoms with Crippen LogP contribution in [0, 0.1) is 0 Å². The highest BCUT2D eigenvalue weighted by Crippen LogP contribution is 2.21. The molecular formula is C15H18N2O2. The third-order valence-corrected chi connectivity index (χ3v) is 3.54. The summed E-state index contributed by atoms with van der Waals surface area (Å²) in [6.07, 6.45) is 4.03. The average molecular weight is 258 g/mol. The third kappa shape index (κ3) is 3.15.